The molecule has 0 radical (unpaired) electrons. The molecule has 3 nitrogen and oxygen atoms in total. The van der Waals surface area contributed by atoms with Crippen molar-refractivity contribution in [1.82, 2.24) is 10.2 Å². The highest BCUT2D eigenvalue weighted by molar-refractivity contribution is 4.94. The van der Waals surface area contributed by atoms with E-state index < -0.39 is 0 Å². The lowest BCUT2D eigenvalue weighted by Gasteiger charge is -2.24. The fraction of sp³-hybridized carbons (Fsp3) is 0.889. The first-order valence-corrected chi connectivity index (χ1v) is 4.73. The summed E-state index contributed by atoms with van der Waals surface area (Å²) in [6.45, 7) is 3.99. The summed E-state index contributed by atoms with van der Waals surface area (Å²) in [5.41, 5.74) is 0. The van der Waals surface area contributed by atoms with Crippen LogP contribution >= 0.6 is 0 Å². The van der Waals surface area contributed by atoms with Gasteiger partial charge >= 0.3 is 0 Å². The van der Waals surface area contributed by atoms with Gasteiger partial charge in [-0.25, -0.2) is 0 Å². The summed E-state index contributed by atoms with van der Waals surface area (Å²) in [7, 11) is 0. The fourth-order valence-corrected chi connectivity index (χ4v) is 2.37. The summed E-state index contributed by atoms with van der Waals surface area (Å²) >= 11 is 0. The van der Waals surface area contributed by atoms with E-state index in [1.54, 1.807) is 0 Å². The fourth-order valence-electron chi connectivity index (χ4n) is 2.37. The Hall–Kier alpha value is -0.590. The molecular formula is C9H15N3. The molecular weight excluding hydrogens is 150 g/mol. The summed E-state index contributed by atoms with van der Waals surface area (Å²) in [6, 6.07) is 2.89. The third kappa shape index (κ3) is 1.45. The Morgan fingerprint density at radius 1 is 1.50 bits per heavy atom. The number of nitrogens with zero attached hydrogens (tertiary/aromatic N) is 2. The van der Waals surface area contributed by atoms with Gasteiger partial charge in [0.1, 0.15) is 0 Å². The van der Waals surface area contributed by atoms with Crippen molar-refractivity contribution < 1.29 is 0 Å². The monoisotopic (exact) mass is 165 g/mol. The van der Waals surface area contributed by atoms with Gasteiger partial charge in [0.25, 0.3) is 0 Å². The molecule has 0 bridgehead atoms. The summed E-state index contributed by atoms with van der Waals surface area (Å²) in [6.07, 6.45) is 2.65. The largest absolute Gasteiger partial charge is 0.312 e. The highest BCUT2D eigenvalue weighted by Gasteiger charge is 2.33. The Morgan fingerprint density at radius 2 is 2.42 bits per heavy atom. The van der Waals surface area contributed by atoms with Crippen LogP contribution in [0.15, 0.2) is 0 Å². The molecule has 0 amide bonds. The lowest BCUT2D eigenvalue weighted by Crippen LogP contribution is -2.40. The summed E-state index contributed by atoms with van der Waals surface area (Å²) in [5.74, 6) is 0.812. The van der Waals surface area contributed by atoms with Crippen molar-refractivity contribution >= 4 is 0 Å². The average Bonchev–Trinajstić information content (AvgIpc) is 2.47. The molecule has 0 unspecified atom stereocenters. The van der Waals surface area contributed by atoms with E-state index in [1.165, 1.54) is 19.4 Å². The second-order valence-electron chi connectivity index (χ2n) is 3.82. The van der Waals surface area contributed by atoms with Crippen LogP contribution in [-0.4, -0.2) is 37.1 Å². The maximum Gasteiger partial charge on any atom is 0.0866 e. The third-order valence-electron chi connectivity index (χ3n) is 2.97. The molecule has 0 aromatic carbocycles. The zero-order valence-corrected chi connectivity index (χ0v) is 7.29. The first-order chi connectivity index (χ1) is 5.90. The van der Waals surface area contributed by atoms with Gasteiger partial charge in [-0.1, -0.05) is 0 Å². The maximum atomic E-state index is 8.55. The molecule has 3 heteroatoms. The molecule has 2 atom stereocenters. The minimum atomic E-state index is 0.606. The van der Waals surface area contributed by atoms with Crippen molar-refractivity contribution in [3.8, 4) is 6.07 Å². The van der Waals surface area contributed by atoms with Gasteiger partial charge in [-0.15, -0.1) is 0 Å². The molecule has 2 heterocycles. The number of rotatable bonds is 1. The number of piperidine rings is 1. The zero-order chi connectivity index (χ0) is 8.39. The molecule has 0 aromatic heterocycles. The summed E-state index contributed by atoms with van der Waals surface area (Å²) in [4.78, 5) is 2.26. The van der Waals surface area contributed by atoms with Crippen LogP contribution in [0.3, 0.4) is 0 Å². The number of nitrogens with one attached hydrogen (secondary N) is 1. The molecule has 1 N–H and O–H groups in total. The van der Waals surface area contributed by atoms with E-state index in [9.17, 15) is 0 Å². The van der Waals surface area contributed by atoms with Gasteiger partial charge in [0, 0.05) is 19.1 Å². The van der Waals surface area contributed by atoms with Crippen LogP contribution in [0.2, 0.25) is 0 Å². The standard InChI is InChI=1S/C9H15N3/c10-3-5-12-6-8-2-1-4-11-9(8)7-12/h8-9,11H,1-2,4-7H2/t8-,9+/m0/s1. The van der Waals surface area contributed by atoms with E-state index in [4.69, 9.17) is 5.26 Å². The first kappa shape index (κ1) is 8.03. The first-order valence-electron chi connectivity index (χ1n) is 4.73. The van der Waals surface area contributed by atoms with E-state index >= 15 is 0 Å². The van der Waals surface area contributed by atoms with E-state index in [0.29, 0.717) is 12.6 Å². The lowest BCUT2D eigenvalue weighted by atomic mass is 9.94. The van der Waals surface area contributed by atoms with Crippen LogP contribution in [0, 0.1) is 17.2 Å². The molecule has 0 aliphatic carbocycles. The van der Waals surface area contributed by atoms with Crippen LogP contribution < -0.4 is 5.32 Å². The molecule has 0 saturated carbocycles. The van der Waals surface area contributed by atoms with Gasteiger partial charge < -0.3 is 5.32 Å². The highest BCUT2D eigenvalue weighted by atomic mass is 15.2. The predicted molar refractivity (Wildman–Crippen MR) is 46.6 cm³/mol. The third-order valence-corrected chi connectivity index (χ3v) is 2.97. The lowest BCUT2D eigenvalue weighted by molar-refractivity contribution is 0.336. The van der Waals surface area contributed by atoms with E-state index in [2.05, 4.69) is 16.3 Å². The Kier molecular flexibility index (Phi) is 2.29. The zero-order valence-electron chi connectivity index (χ0n) is 7.29. The van der Waals surface area contributed by atoms with Crippen molar-refractivity contribution in [3.63, 3.8) is 0 Å². The molecule has 2 aliphatic heterocycles. The Bertz CT molecular complexity index is 182. The molecule has 2 fully saturated rings. The van der Waals surface area contributed by atoms with Gasteiger partial charge in [-0.05, 0) is 25.3 Å². The summed E-state index contributed by atoms with van der Waals surface area (Å²) in [5, 5.41) is 12.1. The summed E-state index contributed by atoms with van der Waals surface area (Å²) < 4.78 is 0. The number of hydrogen-bond donors (Lipinski definition) is 1. The SMILES string of the molecule is N#CCN1C[C@@H]2CCCN[C@@H]2C1. The molecule has 2 aliphatic rings. The van der Waals surface area contributed by atoms with Crippen molar-refractivity contribution in [3.05, 3.63) is 0 Å². The normalized spacial score (nSPS) is 35.9. The van der Waals surface area contributed by atoms with Crippen molar-refractivity contribution in [2.24, 2.45) is 5.92 Å². The van der Waals surface area contributed by atoms with Crippen LogP contribution in [0.1, 0.15) is 12.8 Å². The molecule has 66 valence electrons. The highest BCUT2D eigenvalue weighted by Crippen LogP contribution is 2.24. The maximum absolute atomic E-state index is 8.55. The Morgan fingerprint density at radius 3 is 3.17 bits per heavy atom. The second kappa shape index (κ2) is 3.42. The molecule has 12 heavy (non-hydrogen) atoms. The minimum Gasteiger partial charge on any atom is -0.312 e. The molecule has 0 spiro atoms. The molecule has 2 rings (SSSR count). The van der Waals surface area contributed by atoms with Gasteiger partial charge in [0.05, 0.1) is 12.6 Å². The second-order valence-corrected chi connectivity index (χ2v) is 3.82. The van der Waals surface area contributed by atoms with E-state index in [0.717, 1.165) is 19.0 Å². The number of nitriles is 1. The van der Waals surface area contributed by atoms with Gasteiger partial charge in [-0.3, -0.25) is 4.90 Å². The topological polar surface area (TPSA) is 39.1 Å². The molecule has 0 aromatic rings. The van der Waals surface area contributed by atoms with Crippen LogP contribution in [0.4, 0.5) is 0 Å². The molecule has 2 saturated heterocycles. The van der Waals surface area contributed by atoms with Gasteiger partial charge in [0.2, 0.25) is 0 Å². The van der Waals surface area contributed by atoms with Crippen LogP contribution in [0.5, 0.6) is 0 Å². The number of hydrogen-bond acceptors (Lipinski definition) is 3. The predicted octanol–water partition coefficient (Wildman–Crippen LogP) is 0.194. The van der Waals surface area contributed by atoms with Gasteiger partial charge in [0.15, 0.2) is 0 Å². The van der Waals surface area contributed by atoms with Crippen LogP contribution in [-0.2, 0) is 0 Å². The van der Waals surface area contributed by atoms with E-state index in [-0.39, 0.29) is 0 Å². The van der Waals surface area contributed by atoms with Gasteiger partial charge in [-0.2, -0.15) is 5.26 Å². The Balaban J connectivity index is 1.90. The number of likely N-dealkylation sites (tertiary alicyclic amines) is 1. The Labute approximate surface area is 73.3 Å². The van der Waals surface area contributed by atoms with Crippen molar-refractivity contribution in [2.75, 3.05) is 26.2 Å². The van der Waals surface area contributed by atoms with E-state index in [1.807, 2.05) is 0 Å². The average molecular weight is 165 g/mol. The van der Waals surface area contributed by atoms with Crippen molar-refractivity contribution in [2.45, 2.75) is 18.9 Å². The number of fused-ring (bicyclic) bond motifs is 1. The quantitative estimate of drug-likeness (QED) is 0.564. The minimum absolute atomic E-state index is 0.606. The van der Waals surface area contributed by atoms with Crippen molar-refractivity contribution in [1.29, 1.82) is 5.26 Å². The smallest absolute Gasteiger partial charge is 0.0866 e. The van der Waals surface area contributed by atoms with Crippen LogP contribution in [0.25, 0.3) is 0 Å².